The van der Waals surface area contributed by atoms with Gasteiger partial charge in [0.1, 0.15) is 17.0 Å². The van der Waals surface area contributed by atoms with Crippen LogP contribution in [-0.2, 0) is 7.05 Å². The topological polar surface area (TPSA) is 101 Å². The quantitative estimate of drug-likeness (QED) is 0.674. The third-order valence-corrected chi connectivity index (χ3v) is 4.68. The summed E-state index contributed by atoms with van der Waals surface area (Å²) in [4.78, 5) is 29.9. The van der Waals surface area contributed by atoms with Gasteiger partial charge in [0.25, 0.3) is 0 Å². The molecule has 8 heteroatoms. The number of anilines is 1. The van der Waals surface area contributed by atoms with Crippen molar-refractivity contribution < 1.29 is 14.3 Å². The molecule has 134 valence electrons. The first kappa shape index (κ1) is 16.5. The summed E-state index contributed by atoms with van der Waals surface area (Å²) >= 11 is 0. The number of aromatic carboxylic acids is 1. The predicted octanol–water partition coefficient (Wildman–Crippen LogP) is 1.46. The Labute approximate surface area is 147 Å². The summed E-state index contributed by atoms with van der Waals surface area (Å²) in [5, 5.41) is 9.75. The van der Waals surface area contributed by atoms with Crippen LogP contribution >= 0.6 is 0 Å². The summed E-state index contributed by atoms with van der Waals surface area (Å²) < 4.78 is 16.0. The minimum atomic E-state index is -1.31. The van der Waals surface area contributed by atoms with Crippen molar-refractivity contribution >= 4 is 33.6 Å². The van der Waals surface area contributed by atoms with Gasteiger partial charge in [-0.3, -0.25) is 4.79 Å². The zero-order valence-corrected chi connectivity index (χ0v) is 14.3. The number of aryl methyl sites for hydroxylation is 1. The molecule has 0 radical (unpaired) electrons. The van der Waals surface area contributed by atoms with Crippen molar-refractivity contribution in [1.29, 1.82) is 0 Å². The minimum absolute atomic E-state index is 0.144. The first-order chi connectivity index (χ1) is 12.2. The van der Waals surface area contributed by atoms with Crippen LogP contribution in [0.1, 0.15) is 17.3 Å². The summed E-state index contributed by atoms with van der Waals surface area (Å²) in [6.45, 7) is 3.00. The summed E-state index contributed by atoms with van der Waals surface area (Å²) in [5.74, 6) is -1.74. The van der Waals surface area contributed by atoms with Crippen molar-refractivity contribution in [2.45, 2.75) is 12.5 Å². The van der Waals surface area contributed by atoms with Crippen LogP contribution in [0.5, 0.6) is 0 Å². The van der Waals surface area contributed by atoms with Gasteiger partial charge in [0, 0.05) is 37.3 Å². The zero-order chi connectivity index (χ0) is 18.8. The third-order valence-electron chi connectivity index (χ3n) is 4.68. The highest BCUT2D eigenvalue weighted by molar-refractivity contribution is 5.96. The van der Waals surface area contributed by atoms with Gasteiger partial charge in [-0.2, -0.15) is 0 Å². The molecule has 7 nitrogen and oxygen atoms in total. The van der Waals surface area contributed by atoms with E-state index in [1.807, 2.05) is 11.8 Å². The van der Waals surface area contributed by atoms with E-state index in [1.54, 1.807) is 13.1 Å². The van der Waals surface area contributed by atoms with E-state index in [4.69, 9.17) is 5.73 Å². The number of carboxylic acid groups (broad SMARTS) is 1. The molecule has 3 aromatic rings. The predicted molar refractivity (Wildman–Crippen MR) is 96.2 cm³/mol. The lowest BCUT2D eigenvalue weighted by Gasteiger charge is -2.47. The second kappa shape index (κ2) is 5.25. The lowest BCUT2D eigenvalue weighted by atomic mass is 9.93. The van der Waals surface area contributed by atoms with Crippen molar-refractivity contribution in [2.24, 2.45) is 12.8 Å². The zero-order valence-electron chi connectivity index (χ0n) is 14.3. The van der Waals surface area contributed by atoms with E-state index in [0.717, 1.165) is 0 Å². The summed E-state index contributed by atoms with van der Waals surface area (Å²) in [6.07, 6.45) is 1.24. The lowest BCUT2D eigenvalue weighted by Crippen LogP contribution is -2.65. The average Bonchev–Trinajstić information content (AvgIpc) is 2.53. The standard InChI is InChI=1S/C18H17FN4O3/c1-18(20)7-23(8-18)14-5-13-9(4-12(14)19)3-10-15(24)11(17(25)26)6-22(2)16(10)21-13/h3-6H,7-8,20H2,1-2H3,(H,25,26). The maximum atomic E-state index is 14.5. The number of halogens is 1. The Morgan fingerprint density at radius 3 is 2.65 bits per heavy atom. The van der Waals surface area contributed by atoms with Crippen molar-refractivity contribution in [2.75, 3.05) is 18.0 Å². The Balaban J connectivity index is 1.94. The molecule has 1 aliphatic heterocycles. The first-order valence-electron chi connectivity index (χ1n) is 8.07. The minimum Gasteiger partial charge on any atom is -0.477 e. The number of carboxylic acids is 1. The average molecular weight is 356 g/mol. The molecule has 0 unspecified atom stereocenters. The Morgan fingerprint density at radius 1 is 1.35 bits per heavy atom. The van der Waals surface area contributed by atoms with Gasteiger partial charge in [0.15, 0.2) is 0 Å². The van der Waals surface area contributed by atoms with E-state index in [0.29, 0.717) is 35.3 Å². The second-order valence-corrected chi connectivity index (χ2v) is 7.15. The van der Waals surface area contributed by atoms with Crippen molar-refractivity contribution in [3.8, 4) is 0 Å². The van der Waals surface area contributed by atoms with Gasteiger partial charge in [0.05, 0.1) is 16.6 Å². The number of fused-ring (bicyclic) bond motifs is 2. The Kier molecular flexibility index (Phi) is 3.32. The van der Waals surface area contributed by atoms with Gasteiger partial charge in [-0.05, 0) is 25.1 Å². The SMILES string of the molecule is Cn1cc(C(=O)O)c(=O)c2cc3cc(F)c(N4CC(C)(N)C4)cc3nc21. The molecule has 26 heavy (non-hydrogen) atoms. The molecule has 0 saturated carbocycles. The largest absolute Gasteiger partial charge is 0.477 e. The smallest absolute Gasteiger partial charge is 0.341 e. The highest BCUT2D eigenvalue weighted by atomic mass is 19.1. The lowest BCUT2D eigenvalue weighted by molar-refractivity contribution is 0.0695. The van der Waals surface area contributed by atoms with Gasteiger partial charge < -0.3 is 20.3 Å². The molecular formula is C18H17FN4O3. The maximum Gasteiger partial charge on any atom is 0.341 e. The van der Waals surface area contributed by atoms with Gasteiger partial charge in [0.2, 0.25) is 5.43 Å². The van der Waals surface area contributed by atoms with E-state index >= 15 is 0 Å². The molecular weight excluding hydrogens is 339 g/mol. The molecule has 0 aliphatic carbocycles. The molecule has 1 aromatic carbocycles. The van der Waals surface area contributed by atoms with Crippen LogP contribution in [0.4, 0.5) is 10.1 Å². The normalized spacial score (nSPS) is 16.1. The van der Waals surface area contributed by atoms with Crippen molar-refractivity contribution in [1.82, 2.24) is 9.55 Å². The molecule has 1 saturated heterocycles. The third kappa shape index (κ3) is 2.41. The van der Waals surface area contributed by atoms with E-state index in [1.165, 1.54) is 22.9 Å². The van der Waals surface area contributed by atoms with Gasteiger partial charge >= 0.3 is 5.97 Å². The van der Waals surface area contributed by atoms with Crippen LogP contribution in [0.2, 0.25) is 0 Å². The number of hydrogen-bond donors (Lipinski definition) is 2. The Bertz CT molecular complexity index is 1140. The summed E-state index contributed by atoms with van der Waals surface area (Å²) in [5.41, 5.74) is 5.96. The van der Waals surface area contributed by atoms with Crippen LogP contribution in [0.25, 0.3) is 21.9 Å². The van der Waals surface area contributed by atoms with Gasteiger partial charge in [-0.25, -0.2) is 14.2 Å². The fourth-order valence-corrected chi connectivity index (χ4v) is 3.46. The number of nitrogens with two attached hydrogens (primary N) is 1. The van der Waals surface area contributed by atoms with E-state index < -0.39 is 17.2 Å². The number of carbonyl (C=O) groups is 1. The van der Waals surface area contributed by atoms with Crippen molar-refractivity contribution in [3.05, 3.63) is 46.0 Å². The summed E-state index contributed by atoms with van der Waals surface area (Å²) in [6, 6.07) is 4.44. The first-order valence-corrected chi connectivity index (χ1v) is 8.07. The molecule has 0 atom stereocenters. The van der Waals surface area contributed by atoms with Crippen LogP contribution in [0, 0.1) is 5.82 Å². The Hall–Kier alpha value is -3.00. The molecule has 4 rings (SSSR count). The number of benzene rings is 1. The van der Waals surface area contributed by atoms with E-state index in [9.17, 15) is 19.1 Å². The summed E-state index contributed by atoms with van der Waals surface area (Å²) in [7, 11) is 1.62. The fourth-order valence-electron chi connectivity index (χ4n) is 3.46. The number of aromatic nitrogens is 2. The number of pyridine rings is 2. The molecule has 3 N–H and O–H groups in total. The van der Waals surface area contributed by atoms with Crippen molar-refractivity contribution in [3.63, 3.8) is 0 Å². The molecule has 0 bridgehead atoms. The highest BCUT2D eigenvalue weighted by Gasteiger charge is 2.36. The van der Waals surface area contributed by atoms with Crippen LogP contribution in [0.15, 0.2) is 29.2 Å². The highest BCUT2D eigenvalue weighted by Crippen LogP contribution is 2.31. The molecule has 3 heterocycles. The molecule has 0 amide bonds. The van der Waals surface area contributed by atoms with E-state index in [2.05, 4.69) is 4.98 Å². The van der Waals surface area contributed by atoms with E-state index in [-0.39, 0.29) is 16.5 Å². The van der Waals surface area contributed by atoms with Gasteiger partial charge in [-0.1, -0.05) is 0 Å². The molecule has 1 aliphatic rings. The maximum absolute atomic E-state index is 14.5. The van der Waals surface area contributed by atoms with Crippen LogP contribution in [0.3, 0.4) is 0 Å². The molecule has 0 spiro atoms. The number of nitrogens with zero attached hydrogens (tertiary/aromatic N) is 3. The Morgan fingerprint density at radius 2 is 2.04 bits per heavy atom. The molecule has 1 fully saturated rings. The number of hydrogen-bond acceptors (Lipinski definition) is 5. The van der Waals surface area contributed by atoms with Crippen LogP contribution in [-0.4, -0.2) is 39.3 Å². The van der Waals surface area contributed by atoms with Gasteiger partial charge in [-0.15, -0.1) is 0 Å². The number of rotatable bonds is 2. The second-order valence-electron chi connectivity index (χ2n) is 7.15. The van der Waals surface area contributed by atoms with Crippen LogP contribution < -0.4 is 16.1 Å². The molecule has 2 aromatic heterocycles. The monoisotopic (exact) mass is 356 g/mol. The fraction of sp³-hybridized carbons (Fsp3) is 0.278.